The summed E-state index contributed by atoms with van der Waals surface area (Å²) < 4.78 is 11.0. The Morgan fingerprint density at radius 3 is 1.65 bits per heavy atom. The van der Waals surface area contributed by atoms with Crippen LogP contribution in [-0.2, 0) is 0 Å². The molecule has 266 valence electrons. The normalized spacial score (nSPS) is 11.9. The summed E-state index contributed by atoms with van der Waals surface area (Å²) >= 11 is 0. The largest absolute Gasteiger partial charge is 0.456 e. The van der Waals surface area contributed by atoms with Crippen molar-refractivity contribution < 1.29 is 4.42 Å². The number of fused-ring (bicyclic) bond motifs is 10. The number of aromatic nitrogens is 5. The van der Waals surface area contributed by atoms with Gasteiger partial charge >= 0.3 is 0 Å². The molecule has 6 heteroatoms. The fraction of sp³-hybridized carbons (Fsp3) is 0. The average molecular weight is 730 g/mol. The molecule has 0 N–H and O–H groups in total. The van der Waals surface area contributed by atoms with Crippen LogP contribution in [0.2, 0.25) is 0 Å². The Morgan fingerprint density at radius 1 is 0.351 bits per heavy atom. The van der Waals surface area contributed by atoms with E-state index in [2.05, 4.69) is 137 Å². The van der Waals surface area contributed by atoms with Crippen LogP contribution in [0.1, 0.15) is 0 Å². The molecule has 0 spiro atoms. The van der Waals surface area contributed by atoms with E-state index in [0.717, 1.165) is 72.1 Å². The lowest BCUT2D eigenvalue weighted by Crippen LogP contribution is -2.04. The first-order valence-electron chi connectivity index (χ1n) is 19.1. The zero-order valence-corrected chi connectivity index (χ0v) is 30.5. The maximum Gasteiger partial charge on any atom is 0.166 e. The number of para-hydroxylation sites is 5. The van der Waals surface area contributed by atoms with Crippen molar-refractivity contribution in [3.05, 3.63) is 188 Å². The Hall–Kier alpha value is -7.83. The van der Waals surface area contributed by atoms with E-state index in [4.69, 9.17) is 19.4 Å². The van der Waals surface area contributed by atoms with Crippen molar-refractivity contribution in [2.75, 3.05) is 0 Å². The van der Waals surface area contributed by atoms with E-state index in [-0.39, 0.29) is 0 Å². The number of benzene rings is 8. The second-order valence-electron chi connectivity index (χ2n) is 14.4. The van der Waals surface area contributed by atoms with E-state index in [1.807, 2.05) is 60.7 Å². The molecule has 4 heterocycles. The predicted octanol–water partition coefficient (Wildman–Crippen LogP) is 13.0. The Bertz CT molecular complexity index is 3520. The summed E-state index contributed by atoms with van der Waals surface area (Å²) in [6, 6.07) is 65.6. The standard InChI is InChI=1S/C51H31N5O/c1-3-15-32(16-4-1)49-52-50(33-27-30-46-41(31-33)37-21-10-14-26-45(37)57-46)54-51(53-49)40-22-9-13-25-44(40)56-43-24-12-8-20-36(43)39-29-28-38-35-19-7-11-23-42(35)55(47(38)48(39)56)34-17-5-2-6-18-34/h1-31H. The van der Waals surface area contributed by atoms with E-state index in [1.165, 1.54) is 21.5 Å². The van der Waals surface area contributed by atoms with Gasteiger partial charge in [0.05, 0.1) is 27.8 Å². The van der Waals surface area contributed by atoms with E-state index < -0.39 is 0 Å². The van der Waals surface area contributed by atoms with Crippen molar-refractivity contribution in [3.8, 4) is 45.5 Å². The van der Waals surface area contributed by atoms with Crippen LogP contribution in [-0.4, -0.2) is 24.1 Å². The molecule has 0 amide bonds. The smallest absolute Gasteiger partial charge is 0.166 e. The fourth-order valence-electron chi connectivity index (χ4n) is 8.66. The minimum atomic E-state index is 0.591. The number of rotatable bonds is 5. The first kappa shape index (κ1) is 31.5. The maximum absolute atomic E-state index is 6.19. The molecule has 12 aromatic rings. The number of nitrogens with zero attached hydrogens (tertiary/aromatic N) is 5. The highest BCUT2D eigenvalue weighted by molar-refractivity contribution is 6.24. The van der Waals surface area contributed by atoms with Gasteiger partial charge < -0.3 is 13.6 Å². The molecule has 6 nitrogen and oxygen atoms in total. The second kappa shape index (κ2) is 12.3. The van der Waals surface area contributed by atoms with Gasteiger partial charge in [0.25, 0.3) is 0 Å². The summed E-state index contributed by atoms with van der Waals surface area (Å²) in [7, 11) is 0. The van der Waals surface area contributed by atoms with E-state index >= 15 is 0 Å². The molecular formula is C51H31N5O. The lowest BCUT2D eigenvalue weighted by molar-refractivity contribution is 0.669. The third kappa shape index (κ3) is 4.81. The topological polar surface area (TPSA) is 61.7 Å². The summed E-state index contributed by atoms with van der Waals surface area (Å²) in [4.78, 5) is 15.6. The van der Waals surface area contributed by atoms with Crippen LogP contribution in [0.4, 0.5) is 0 Å². The van der Waals surface area contributed by atoms with E-state index in [0.29, 0.717) is 17.5 Å². The van der Waals surface area contributed by atoms with Gasteiger partial charge in [0.2, 0.25) is 0 Å². The van der Waals surface area contributed by atoms with Gasteiger partial charge in [-0.3, -0.25) is 0 Å². The summed E-state index contributed by atoms with van der Waals surface area (Å²) in [5.74, 6) is 1.79. The van der Waals surface area contributed by atoms with Gasteiger partial charge in [-0.1, -0.05) is 127 Å². The molecule has 57 heavy (non-hydrogen) atoms. The molecule has 12 rings (SSSR count). The monoisotopic (exact) mass is 729 g/mol. The Labute approximate surface area is 326 Å². The molecule has 0 aliphatic rings. The molecule has 0 saturated carbocycles. The Kier molecular flexibility index (Phi) is 6.83. The Morgan fingerprint density at radius 2 is 0.895 bits per heavy atom. The highest BCUT2D eigenvalue weighted by Gasteiger charge is 2.24. The van der Waals surface area contributed by atoms with Crippen molar-refractivity contribution in [2.24, 2.45) is 0 Å². The summed E-state index contributed by atoms with van der Waals surface area (Å²) in [6.45, 7) is 0. The third-order valence-corrected chi connectivity index (χ3v) is 11.2. The first-order chi connectivity index (χ1) is 28.3. The van der Waals surface area contributed by atoms with E-state index in [1.54, 1.807) is 0 Å². The molecule has 0 bridgehead atoms. The molecule has 0 saturated heterocycles. The summed E-state index contributed by atoms with van der Waals surface area (Å²) in [5.41, 5.74) is 11.0. The second-order valence-corrected chi connectivity index (χ2v) is 14.4. The molecule has 0 unspecified atom stereocenters. The highest BCUT2D eigenvalue weighted by atomic mass is 16.3. The number of furan rings is 1. The highest BCUT2D eigenvalue weighted by Crippen LogP contribution is 2.43. The zero-order chi connectivity index (χ0) is 37.5. The maximum atomic E-state index is 6.19. The molecule has 0 aliphatic heterocycles. The third-order valence-electron chi connectivity index (χ3n) is 11.2. The number of hydrogen-bond acceptors (Lipinski definition) is 4. The fourth-order valence-corrected chi connectivity index (χ4v) is 8.66. The van der Waals surface area contributed by atoms with Crippen LogP contribution in [0.15, 0.2) is 192 Å². The van der Waals surface area contributed by atoms with Crippen molar-refractivity contribution in [2.45, 2.75) is 0 Å². The zero-order valence-electron chi connectivity index (χ0n) is 30.5. The Balaban J connectivity index is 1.17. The lowest BCUT2D eigenvalue weighted by atomic mass is 10.1. The molecule has 0 aliphatic carbocycles. The van der Waals surface area contributed by atoms with Crippen molar-refractivity contribution in [1.29, 1.82) is 0 Å². The summed E-state index contributed by atoms with van der Waals surface area (Å²) in [6.07, 6.45) is 0. The minimum Gasteiger partial charge on any atom is -0.456 e. The number of hydrogen-bond donors (Lipinski definition) is 0. The van der Waals surface area contributed by atoms with Gasteiger partial charge in [-0.05, 0) is 60.7 Å². The van der Waals surface area contributed by atoms with Gasteiger partial charge in [0.1, 0.15) is 11.2 Å². The predicted molar refractivity (Wildman–Crippen MR) is 232 cm³/mol. The van der Waals surface area contributed by atoms with Crippen LogP contribution < -0.4 is 0 Å². The minimum absolute atomic E-state index is 0.591. The van der Waals surface area contributed by atoms with Gasteiger partial charge in [-0.15, -0.1) is 0 Å². The SMILES string of the molecule is c1ccc(-c2nc(-c3ccc4oc5ccccc5c4c3)nc(-c3ccccc3-n3c4ccccc4c4ccc5c6ccccc6n(-c6ccccc6)c5c43)n2)cc1. The van der Waals surface area contributed by atoms with Gasteiger partial charge in [-0.2, -0.15) is 0 Å². The molecule has 0 radical (unpaired) electrons. The lowest BCUT2D eigenvalue weighted by Gasteiger charge is -2.16. The molecule has 0 atom stereocenters. The molecule has 4 aromatic heterocycles. The van der Waals surface area contributed by atoms with Crippen LogP contribution in [0.3, 0.4) is 0 Å². The van der Waals surface area contributed by atoms with Crippen LogP contribution in [0.25, 0.3) is 111 Å². The molecular weight excluding hydrogens is 699 g/mol. The van der Waals surface area contributed by atoms with Gasteiger partial charge in [-0.25, -0.2) is 15.0 Å². The van der Waals surface area contributed by atoms with Gasteiger partial charge in [0.15, 0.2) is 17.5 Å². The molecule has 0 fully saturated rings. The molecule has 8 aromatic carbocycles. The van der Waals surface area contributed by atoms with Crippen LogP contribution in [0.5, 0.6) is 0 Å². The van der Waals surface area contributed by atoms with Crippen molar-refractivity contribution in [1.82, 2.24) is 24.1 Å². The van der Waals surface area contributed by atoms with Crippen molar-refractivity contribution in [3.63, 3.8) is 0 Å². The van der Waals surface area contributed by atoms with Crippen LogP contribution in [0, 0.1) is 0 Å². The first-order valence-corrected chi connectivity index (χ1v) is 19.1. The average Bonchev–Trinajstić information content (AvgIpc) is 3.94. The van der Waals surface area contributed by atoms with Crippen LogP contribution >= 0.6 is 0 Å². The van der Waals surface area contributed by atoms with Crippen molar-refractivity contribution >= 4 is 65.6 Å². The quantitative estimate of drug-likeness (QED) is 0.177. The summed E-state index contributed by atoms with van der Waals surface area (Å²) in [5, 5.41) is 6.84. The van der Waals surface area contributed by atoms with E-state index in [9.17, 15) is 0 Å². The van der Waals surface area contributed by atoms with Gasteiger partial charge in [0, 0.05) is 54.7 Å².